The predicted molar refractivity (Wildman–Crippen MR) is 101 cm³/mol. The lowest BCUT2D eigenvalue weighted by molar-refractivity contribution is 0.421. The Morgan fingerprint density at radius 2 is 2.08 bits per heavy atom. The van der Waals surface area contributed by atoms with Gasteiger partial charge in [0.1, 0.15) is 5.69 Å². The van der Waals surface area contributed by atoms with E-state index in [-0.39, 0.29) is 0 Å². The van der Waals surface area contributed by atoms with Gasteiger partial charge in [0.15, 0.2) is 11.8 Å². The zero-order valence-electron chi connectivity index (χ0n) is 14.9. The molecule has 0 atom stereocenters. The van der Waals surface area contributed by atoms with Crippen molar-refractivity contribution in [3.05, 3.63) is 65.6 Å². The van der Waals surface area contributed by atoms with E-state index >= 15 is 0 Å². The minimum absolute atomic E-state index is 0.433. The normalized spacial score (nSPS) is 11.4. The molecule has 3 rings (SSSR count). The van der Waals surface area contributed by atoms with Gasteiger partial charge in [0.05, 0.1) is 0 Å². The average molecular weight is 350 g/mol. The molecule has 0 bridgehead atoms. The quantitative estimate of drug-likeness (QED) is 0.524. The molecule has 134 valence electrons. The van der Waals surface area contributed by atoms with Crippen LogP contribution < -0.4 is 10.6 Å². The van der Waals surface area contributed by atoms with Gasteiger partial charge in [-0.1, -0.05) is 41.1 Å². The van der Waals surface area contributed by atoms with Crippen LogP contribution in [0.25, 0.3) is 11.6 Å². The first kappa shape index (κ1) is 17.6. The van der Waals surface area contributed by atoms with Gasteiger partial charge in [-0.2, -0.15) is 4.98 Å². The number of hydrogen-bond acceptors (Lipinski definition) is 5. The summed E-state index contributed by atoms with van der Waals surface area (Å²) >= 11 is 0. The largest absolute Gasteiger partial charge is 0.356 e. The van der Waals surface area contributed by atoms with Crippen LogP contribution in [0.1, 0.15) is 17.0 Å². The minimum Gasteiger partial charge on any atom is -0.356 e. The molecule has 0 amide bonds. The van der Waals surface area contributed by atoms with Crippen molar-refractivity contribution in [2.75, 3.05) is 13.6 Å². The van der Waals surface area contributed by atoms with Crippen LogP contribution in [0, 0.1) is 6.92 Å². The number of rotatable bonds is 6. The number of guanidine groups is 1. The maximum atomic E-state index is 5.25. The van der Waals surface area contributed by atoms with Crippen molar-refractivity contribution < 1.29 is 4.52 Å². The van der Waals surface area contributed by atoms with Gasteiger partial charge in [-0.3, -0.25) is 9.98 Å². The van der Waals surface area contributed by atoms with Crippen molar-refractivity contribution in [1.82, 2.24) is 25.8 Å². The molecule has 26 heavy (non-hydrogen) atoms. The fourth-order valence-corrected chi connectivity index (χ4v) is 2.47. The lowest BCUT2D eigenvalue weighted by atomic mass is 10.1. The lowest BCUT2D eigenvalue weighted by Crippen LogP contribution is -2.37. The molecule has 1 aromatic carbocycles. The van der Waals surface area contributed by atoms with Crippen molar-refractivity contribution in [2.24, 2.45) is 4.99 Å². The molecule has 0 spiro atoms. The number of nitrogens with zero attached hydrogens (tertiary/aromatic N) is 4. The van der Waals surface area contributed by atoms with E-state index in [9.17, 15) is 0 Å². The van der Waals surface area contributed by atoms with Gasteiger partial charge in [-0.25, -0.2) is 0 Å². The van der Waals surface area contributed by atoms with Crippen LogP contribution in [0.4, 0.5) is 0 Å². The van der Waals surface area contributed by atoms with E-state index in [1.54, 1.807) is 13.2 Å². The van der Waals surface area contributed by atoms with Crippen LogP contribution in [-0.2, 0) is 13.0 Å². The van der Waals surface area contributed by atoms with E-state index in [1.165, 1.54) is 11.1 Å². The molecule has 0 fully saturated rings. The zero-order valence-corrected chi connectivity index (χ0v) is 14.9. The van der Waals surface area contributed by atoms with Gasteiger partial charge >= 0.3 is 0 Å². The number of benzene rings is 1. The summed E-state index contributed by atoms with van der Waals surface area (Å²) in [5.41, 5.74) is 3.13. The summed E-state index contributed by atoms with van der Waals surface area (Å²) in [6, 6.07) is 14.0. The molecule has 7 heteroatoms. The molecule has 0 aliphatic rings. The third-order valence-corrected chi connectivity index (χ3v) is 3.76. The van der Waals surface area contributed by atoms with E-state index in [1.807, 2.05) is 18.2 Å². The minimum atomic E-state index is 0.433. The number of pyridine rings is 1. The first-order valence-electron chi connectivity index (χ1n) is 8.48. The molecule has 2 N–H and O–H groups in total. The van der Waals surface area contributed by atoms with Crippen molar-refractivity contribution >= 4 is 5.96 Å². The topological polar surface area (TPSA) is 88.2 Å². The standard InChI is InChI=1S/C19H22N6O/c1-14-6-5-7-15(12-14)13-23-19(20-2)22-11-9-17-24-18(26-25-17)16-8-3-4-10-21-16/h3-8,10,12H,9,11,13H2,1-2H3,(H2,20,22,23). The van der Waals surface area contributed by atoms with Gasteiger partial charge in [-0.15, -0.1) is 0 Å². The molecule has 0 saturated heterocycles. The number of aryl methyl sites for hydroxylation is 1. The van der Waals surface area contributed by atoms with Gasteiger partial charge in [-0.05, 0) is 24.6 Å². The highest BCUT2D eigenvalue weighted by molar-refractivity contribution is 5.79. The van der Waals surface area contributed by atoms with Crippen molar-refractivity contribution in [2.45, 2.75) is 19.9 Å². The summed E-state index contributed by atoms with van der Waals surface area (Å²) in [5.74, 6) is 1.80. The molecule has 0 aliphatic heterocycles. The summed E-state index contributed by atoms with van der Waals surface area (Å²) in [6.45, 7) is 3.45. The fraction of sp³-hybridized carbons (Fsp3) is 0.263. The van der Waals surface area contributed by atoms with Crippen molar-refractivity contribution in [1.29, 1.82) is 0 Å². The van der Waals surface area contributed by atoms with E-state index in [0.717, 1.165) is 5.96 Å². The maximum Gasteiger partial charge on any atom is 0.276 e. The van der Waals surface area contributed by atoms with Crippen LogP contribution in [0.5, 0.6) is 0 Å². The number of aromatic nitrogens is 3. The number of hydrogen-bond donors (Lipinski definition) is 2. The average Bonchev–Trinajstić information content (AvgIpc) is 3.14. The van der Waals surface area contributed by atoms with Crippen LogP contribution >= 0.6 is 0 Å². The highest BCUT2D eigenvalue weighted by Gasteiger charge is 2.09. The first-order chi connectivity index (χ1) is 12.7. The van der Waals surface area contributed by atoms with Crippen LogP contribution in [-0.4, -0.2) is 34.7 Å². The second kappa shape index (κ2) is 8.75. The van der Waals surface area contributed by atoms with Gasteiger partial charge in [0, 0.05) is 32.8 Å². The first-order valence-corrected chi connectivity index (χ1v) is 8.48. The third kappa shape index (κ3) is 4.89. The summed E-state index contributed by atoms with van der Waals surface area (Å²) in [4.78, 5) is 12.8. The second-order valence-corrected chi connectivity index (χ2v) is 5.82. The fourth-order valence-electron chi connectivity index (χ4n) is 2.47. The van der Waals surface area contributed by atoms with E-state index in [2.05, 4.69) is 61.9 Å². The second-order valence-electron chi connectivity index (χ2n) is 5.82. The Balaban J connectivity index is 1.47. The van der Waals surface area contributed by atoms with Crippen LogP contribution in [0.3, 0.4) is 0 Å². The Morgan fingerprint density at radius 1 is 1.15 bits per heavy atom. The molecule has 2 heterocycles. The summed E-state index contributed by atoms with van der Waals surface area (Å²) < 4.78 is 5.25. The van der Waals surface area contributed by atoms with E-state index < -0.39 is 0 Å². The molecule has 0 unspecified atom stereocenters. The van der Waals surface area contributed by atoms with E-state index in [4.69, 9.17) is 4.52 Å². The molecule has 2 aromatic heterocycles. The summed E-state index contributed by atoms with van der Waals surface area (Å²) in [5, 5.41) is 10.5. The molecule has 0 aliphatic carbocycles. The predicted octanol–water partition coefficient (Wildman–Crippen LogP) is 2.35. The van der Waals surface area contributed by atoms with Gasteiger partial charge in [0.2, 0.25) is 0 Å². The Bertz CT molecular complexity index is 859. The highest BCUT2D eigenvalue weighted by Crippen LogP contribution is 2.13. The smallest absolute Gasteiger partial charge is 0.276 e. The number of nitrogens with one attached hydrogen (secondary N) is 2. The Hall–Kier alpha value is -3.22. The van der Waals surface area contributed by atoms with Crippen molar-refractivity contribution in [3.8, 4) is 11.6 Å². The maximum absolute atomic E-state index is 5.25. The SMILES string of the molecule is CN=C(NCCc1noc(-c2ccccn2)n1)NCc1cccc(C)c1. The Morgan fingerprint density at radius 3 is 2.85 bits per heavy atom. The monoisotopic (exact) mass is 350 g/mol. The van der Waals surface area contributed by atoms with E-state index in [0.29, 0.717) is 36.9 Å². The molecule has 7 nitrogen and oxygen atoms in total. The highest BCUT2D eigenvalue weighted by atomic mass is 16.5. The Kier molecular flexibility index (Phi) is 5.92. The van der Waals surface area contributed by atoms with Crippen LogP contribution in [0.15, 0.2) is 58.2 Å². The summed E-state index contributed by atoms with van der Waals surface area (Å²) in [6.07, 6.45) is 2.33. The molecule has 0 saturated carbocycles. The molecule has 0 radical (unpaired) electrons. The molecule has 3 aromatic rings. The Labute approximate surface area is 152 Å². The molecular formula is C19H22N6O. The molecular weight excluding hydrogens is 328 g/mol. The third-order valence-electron chi connectivity index (χ3n) is 3.76. The van der Waals surface area contributed by atoms with Gasteiger partial charge < -0.3 is 15.2 Å². The summed E-state index contributed by atoms with van der Waals surface area (Å²) in [7, 11) is 1.75. The lowest BCUT2D eigenvalue weighted by Gasteiger charge is -2.11. The van der Waals surface area contributed by atoms with Crippen molar-refractivity contribution in [3.63, 3.8) is 0 Å². The van der Waals surface area contributed by atoms with Gasteiger partial charge in [0.25, 0.3) is 5.89 Å². The number of aliphatic imine (C=N–C) groups is 1. The van der Waals surface area contributed by atoms with Crippen LogP contribution in [0.2, 0.25) is 0 Å². The zero-order chi connectivity index (χ0) is 18.2.